The van der Waals surface area contributed by atoms with Crippen LogP contribution in [-0.2, 0) is 28.6 Å². The predicted octanol–water partition coefficient (Wildman–Crippen LogP) is 0.101. The summed E-state index contributed by atoms with van der Waals surface area (Å²) in [5.41, 5.74) is -1.08. The molecule has 7 atom stereocenters. The summed E-state index contributed by atoms with van der Waals surface area (Å²) in [4.78, 5) is 36.0. The van der Waals surface area contributed by atoms with Crippen LogP contribution in [0.25, 0.3) is 0 Å². The first-order valence-corrected chi connectivity index (χ1v) is 8.90. The number of rotatable bonds is 5. The van der Waals surface area contributed by atoms with Gasteiger partial charge in [0.25, 0.3) is 0 Å². The lowest BCUT2D eigenvalue weighted by Gasteiger charge is -2.56. The van der Waals surface area contributed by atoms with Gasteiger partial charge >= 0.3 is 17.9 Å². The summed E-state index contributed by atoms with van der Waals surface area (Å²) >= 11 is 0. The first-order chi connectivity index (χ1) is 12.4. The van der Waals surface area contributed by atoms with E-state index < -0.39 is 59.6 Å². The van der Waals surface area contributed by atoms with Crippen LogP contribution in [0.3, 0.4) is 0 Å². The zero-order valence-electron chi connectivity index (χ0n) is 14.6. The number of hydrogen-bond acceptors (Lipinski definition) is 8. The van der Waals surface area contributed by atoms with E-state index in [0.717, 1.165) is 0 Å². The van der Waals surface area contributed by atoms with Gasteiger partial charge in [-0.3, -0.25) is 14.4 Å². The molecular weight excluding hydrogens is 344 g/mol. The number of aliphatic hydroxyl groups excluding tert-OH is 2. The van der Waals surface area contributed by atoms with E-state index in [9.17, 15) is 19.5 Å². The molecule has 0 bridgehead atoms. The van der Waals surface area contributed by atoms with Gasteiger partial charge in [-0.1, -0.05) is 13.0 Å². The summed E-state index contributed by atoms with van der Waals surface area (Å²) in [6, 6.07) is 0. The first kappa shape index (κ1) is 18.8. The van der Waals surface area contributed by atoms with Crippen LogP contribution in [0.2, 0.25) is 0 Å². The fraction of sp³-hybridized carbons (Fsp3) is 0.722. The van der Waals surface area contributed by atoms with Crippen molar-refractivity contribution < 1.29 is 38.8 Å². The highest BCUT2D eigenvalue weighted by atomic mass is 16.6. The number of ether oxygens (including phenoxy) is 3. The second-order valence-electron chi connectivity index (χ2n) is 7.10. The fourth-order valence-corrected chi connectivity index (χ4v) is 4.81. The summed E-state index contributed by atoms with van der Waals surface area (Å²) in [6.07, 6.45) is -1.82. The molecule has 0 unspecified atom stereocenters. The molecule has 2 heterocycles. The lowest BCUT2D eigenvalue weighted by Crippen LogP contribution is -2.67. The minimum absolute atomic E-state index is 0.00559. The van der Waals surface area contributed by atoms with Gasteiger partial charge in [-0.2, -0.15) is 0 Å². The monoisotopic (exact) mass is 368 g/mol. The van der Waals surface area contributed by atoms with E-state index in [0.29, 0.717) is 6.42 Å². The van der Waals surface area contributed by atoms with Crippen molar-refractivity contribution in [2.24, 2.45) is 17.3 Å². The van der Waals surface area contributed by atoms with E-state index in [1.165, 1.54) is 6.08 Å². The van der Waals surface area contributed by atoms with E-state index >= 15 is 0 Å². The Balaban J connectivity index is 2.03. The van der Waals surface area contributed by atoms with Crippen LogP contribution >= 0.6 is 0 Å². The topological polar surface area (TPSA) is 119 Å². The van der Waals surface area contributed by atoms with Gasteiger partial charge in [-0.15, -0.1) is 6.58 Å². The molecule has 1 saturated carbocycles. The van der Waals surface area contributed by atoms with Gasteiger partial charge in [0.2, 0.25) is 0 Å². The van der Waals surface area contributed by atoms with Gasteiger partial charge in [0.15, 0.2) is 0 Å². The van der Waals surface area contributed by atoms with E-state index in [1.807, 2.05) is 6.92 Å². The van der Waals surface area contributed by atoms with Crippen molar-refractivity contribution in [2.75, 3.05) is 6.61 Å². The minimum atomic E-state index is -1.21. The molecule has 0 aromatic heterocycles. The molecule has 0 spiro atoms. The Morgan fingerprint density at radius 2 is 2.04 bits per heavy atom. The average molecular weight is 368 g/mol. The van der Waals surface area contributed by atoms with Crippen LogP contribution in [-0.4, -0.2) is 59.1 Å². The van der Waals surface area contributed by atoms with Crippen LogP contribution in [0.1, 0.15) is 32.6 Å². The Labute approximate surface area is 151 Å². The molecule has 144 valence electrons. The summed E-state index contributed by atoms with van der Waals surface area (Å²) < 4.78 is 16.4. The molecule has 2 aliphatic heterocycles. The predicted molar refractivity (Wildman–Crippen MR) is 86.5 cm³/mol. The highest BCUT2D eigenvalue weighted by Crippen LogP contribution is 2.56. The van der Waals surface area contributed by atoms with Crippen molar-refractivity contribution in [3.05, 3.63) is 12.7 Å². The molecule has 0 aromatic rings. The first-order valence-electron chi connectivity index (χ1n) is 8.90. The van der Waals surface area contributed by atoms with Crippen LogP contribution in [0.4, 0.5) is 0 Å². The van der Waals surface area contributed by atoms with E-state index in [1.54, 1.807) is 0 Å². The molecule has 1 aliphatic carbocycles. The second-order valence-corrected chi connectivity index (χ2v) is 7.10. The van der Waals surface area contributed by atoms with Crippen molar-refractivity contribution in [1.29, 1.82) is 0 Å². The molecule has 3 fully saturated rings. The van der Waals surface area contributed by atoms with E-state index in [-0.39, 0.29) is 25.9 Å². The minimum Gasteiger partial charge on any atom is -0.462 e. The zero-order valence-corrected chi connectivity index (χ0v) is 14.6. The molecule has 8 nitrogen and oxygen atoms in total. The molecule has 0 radical (unpaired) electrons. The Kier molecular flexibility index (Phi) is 5.07. The molecule has 2 saturated heterocycles. The Hall–Kier alpha value is -1.93. The smallest absolute Gasteiger partial charge is 0.308 e. The number of cyclic esters (lactones) is 1. The van der Waals surface area contributed by atoms with Gasteiger partial charge in [0.1, 0.15) is 24.4 Å². The number of esters is 3. The number of carbonyl (C=O) groups is 3. The standard InChI is InChI=1S/C18H24O8/c1-3-11-18(4-2)10(8-14(22)24-11)15-9(7-13(21)26-15)16(17(18)23)25-12(20)5-6-19/h4,9-11,15-17,19,23H,2-3,5-8H2,1H3/t9-,10+,11+,15-,16+,17+,18-/m1/s1. The maximum atomic E-state index is 12.1. The van der Waals surface area contributed by atoms with Crippen LogP contribution in [0, 0.1) is 17.3 Å². The van der Waals surface area contributed by atoms with Crippen molar-refractivity contribution >= 4 is 17.9 Å². The number of aliphatic hydroxyl groups is 2. The zero-order chi connectivity index (χ0) is 19.1. The van der Waals surface area contributed by atoms with E-state index in [4.69, 9.17) is 19.3 Å². The van der Waals surface area contributed by atoms with Crippen molar-refractivity contribution in [1.82, 2.24) is 0 Å². The molecular formula is C18H24O8. The largest absolute Gasteiger partial charge is 0.462 e. The Morgan fingerprint density at radius 3 is 2.65 bits per heavy atom. The van der Waals surface area contributed by atoms with Gasteiger partial charge in [0, 0.05) is 11.8 Å². The van der Waals surface area contributed by atoms with Crippen molar-refractivity contribution in [3.63, 3.8) is 0 Å². The number of hydrogen-bond donors (Lipinski definition) is 2. The van der Waals surface area contributed by atoms with Crippen LogP contribution in [0.15, 0.2) is 12.7 Å². The molecule has 0 amide bonds. The van der Waals surface area contributed by atoms with Gasteiger partial charge < -0.3 is 24.4 Å². The lowest BCUT2D eigenvalue weighted by molar-refractivity contribution is -0.238. The number of fused-ring (bicyclic) bond motifs is 3. The molecule has 0 aromatic carbocycles. The van der Waals surface area contributed by atoms with Gasteiger partial charge in [0.05, 0.1) is 31.3 Å². The molecule has 26 heavy (non-hydrogen) atoms. The van der Waals surface area contributed by atoms with Crippen LogP contribution < -0.4 is 0 Å². The second kappa shape index (κ2) is 7.00. The summed E-state index contributed by atoms with van der Waals surface area (Å²) in [5.74, 6) is -2.59. The molecule has 3 aliphatic rings. The maximum absolute atomic E-state index is 12.1. The quantitative estimate of drug-likeness (QED) is 0.398. The highest BCUT2D eigenvalue weighted by Gasteiger charge is 2.67. The number of carbonyl (C=O) groups excluding carboxylic acids is 3. The molecule has 2 N–H and O–H groups in total. The molecule has 8 heteroatoms. The van der Waals surface area contributed by atoms with Gasteiger partial charge in [-0.05, 0) is 6.42 Å². The lowest BCUT2D eigenvalue weighted by atomic mass is 9.54. The van der Waals surface area contributed by atoms with Crippen LogP contribution in [0.5, 0.6) is 0 Å². The van der Waals surface area contributed by atoms with E-state index in [2.05, 4.69) is 6.58 Å². The normalized spacial score (nSPS) is 41.5. The third kappa shape index (κ3) is 2.72. The SMILES string of the molecule is C=C[C@]12[C@H](CC)OC(=O)C[C@H]1[C@@H]1OC(=O)C[C@H]1[C@H](OC(=O)CCO)[C@@H]2O. The highest BCUT2D eigenvalue weighted by molar-refractivity contribution is 5.75. The summed E-state index contributed by atoms with van der Waals surface area (Å²) in [5, 5.41) is 20.1. The van der Waals surface area contributed by atoms with Gasteiger partial charge in [-0.25, -0.2) is 0 Å². The maximum Gasteiger partial charge on any atom is 0.308 e. The third-order valence-corrected chi connectivity index (χ3v) is 5.90. The average Bonchev–Trinajstić information content (AvgIpc) is 2.99. The summed E-state index contributed by atoms with van der Waals surface area (Å²) in [6.45, 7) is 5.28. The van der Waals surface area contributed by atoms with Crippen molar-refractivity contribution in [2.45, 2.75) is 57.0 Å². The fourth-order valence-electron chi connectivity index (χ4n) is 4.81. The Bertz CT molecular complexity index is 616. The Morgan fingerprint density at radius 1 is 1.35 bits per heavy atom. The summed E-state index contributed by atoms with van der Waals surface area (Å²) in [7, 11) is 0. The van der Waals surface area contributed by atoms with Crippen molar-refractivity contribution in [3.8, 4) is 0 Å². The third-order valence-electron chi connectivity index (χ3n) is 5.90. The molecule has 3 rings (SSSR count).